The normalized spacial score (nSPS) is 17.5. The molecule has 1 aromatic rings. The molecule has 1 heterocycles. The molecule has 1 aromatic carbocycles. The van der Waals surface area contributed by atoms with Crippen molar-refractivity contribution in [1.29, 1.82) is 0 Å². The van der Waals surface area contributed by atoms with Crippen LogP contribution >= 0.6 is 0 Å². The molecule has 1 radical (unpaired) electrons. The zero-order valence-corrected chi connectivity index (χ0v) is 10.6. The van der Waals surface area contributed by atoms with Crippen molar-refractivity contribution in [2.24, 2.45) is 0 Å². The Bertz CT molecular complexity index is 534. The monoisotopic (exact) mass is 236 g/mol. The standard InChI is InChI=1S/C17H18N/c1-2-12-18-13-11-14-7-3-4-8-15(14)16-9-5-6-10-17(16)18/h3,5-7,9-11,13H,1-2,4,8,12H2. The van der Waals surface area contributed by atoms with Crippen LogP contribution in [0.1, 0.15) is 24.8 Å². The zero-order chi connectivity index (χ0) is 12.4. The third-order valence-corrected chi connectivity index (χ3v) is 3.58. The molecule has 0 bridgehead atoms. The summed E-state index contributed by atoms with van der Waals surface area (Å²) in [6, 6.07) is 8.71. The molecule has 2 aliphatic rings. The van der Waals surface area contributed by atoms with Gasteiger partial charge >= 0.3 is 0 Å². The number of fused-ring (bicyclic) bond motifs is 2. The Labute approximate surface area is 109 Å². The second kappa shape index (κ2) is 4.85. The van der Waals surface area contributed by atoms with Gasteiger partial charge in [-0.15, -0.1) is 0 Å². The second-order valence-corrected chi connectivity index (χ2v) is 4.75. The summed E-state index contributed by atoms with van der Waals surface area (Å²) in [7, 11) is 0. The number of hydrogen-bond donors (Lipinski definition) is 0. The van der Waals surface area contributed by atoms with E-state index in [1.807, 2.05) is 0 Å². The van der Waals surface area contributed by atoms with Gasteiger partial charge in [-0.3, -0.25) is 0 Å². The van der Waals surface area contributed by atoms with E-state index in [0.29, 0.717) is 0 Å². The molecule has 0 fully saturated rings. The first-order valence-corrected chi connectivity index (χ1v) is 6.63. The lowest BCUT2D eigenvalue weighted by atomic mass is 9.91. The molecule has 0 saturated carbocycles. The third kappa shape index (κ3) is 1.90. The average Bonchev–Trinajstić information content (AvgIpc) is 2.58. The van der Waals surface area contributed by atoms with Crippen LogP contribution in [0.3, 0.4) is 0 Å². The predicted molar refractivity (Wildman–Crippen MR) is 78.2 cm³/mol. The van der Waals surface area contributed by atoms with Gasteiger partial charge in [0.2, 0.25) is 0 Å². The summed E-state index contributed by atoms with van der Waals surface area (Å²) >= 11 is 0. The van der Waals surface area contributed by atoms with Gasteiger partial charge in [0.15, 0.2) is 0 Å². The summed E-state index contributed by atoms with van der Waals surface area (Å²) in [6.07, 6.45) is 12.2. The summed E-state index contributed by atoms with van der Waals surface area (Å²) in [5, 5.41) is 0. The van der Waals surface area contributed by atoms with E-state index in [0.717, 1.165) is 25.8 Å². The van der Waals surface area contributed by atoms with E-state index in [9.17, 15) is 0 Å². The predicted octanol–water partition coefficient (Wildman–Crippen LogP) is 4.35. The summed E-state index contributed by atoms with van der Waals surface area (Å²) in [6.45, 7) is 4.94. The molecule has 91 valence electrons. The van der Waals surface area contributed by atoms with Crippen LogP contribution in [0.25, 0.3) is 5.57 Å². The van der Waals surface area contributed by atoms with Gasteiger partial charge in [0, 0.05) is 24.0 Å². The maximum Gasteiger partial charge on any atom is 0.0482 e. The maximum absolute atomic E-state index is 3.97. The molecule has 1 nitrogen and oxygen atoms in total. The molecule has 0 N–H and O–H groups in total. The van der Waals surface area contributed by atoms with Gasteiger partial charge < -0.3 is 4.90 Å². The minimum Gasteiger partial charge on any atom is -0.347 e. The van der Waals surface area contributed by atoms with Crippen molar-refractivity contribution in [3.63, 3.8) is 0 Å². The Balaban J connectivity index is 2.14. The first kappa shape index (κ1) is 11.3. The Morgan fingerprint density at radius 1 is 1.17 bits per heavy atom. The van der Waals surface area contributed by atoms with Crippen molar-refractivity contribution in [1.82, 2.24) is 0 Å². The number of para-hydroxylation sites is 1. The highest BCUT2D eigenvalue weighted by Crippen LogP contribution is 2.37. The maximum atomic E-state index is 3.97. The van der Waals surface area contributed by atoms with Crippen molar-refractivity contribution < 1.29 is 0 Å². The van der Waals surface area contributed by atoms with Crippen LogP contribution < -0.4 is 4.90 Å². The van der Waals surface area contributed by atoms with E-state index in [2.05, 4.69) is 60.5 Å². The van der Waals surface area contributed by atoms with Crippen LogP contribution in [0.5, 0.6) is 0 Å². The SMILES string of the molecule is [CH2]CCN1C=CC2=C(CCC=C2)c2ccccc21. The quantitative estimate of drug-likeness (QED) is 0.738. The van der Waals surface area contributed by atoms with Crippen molar-refractivity contribution in [3.05, 3.63) is 66.8 Å². The fraction of sp³-hybridized carbons (Fsp3) is 0.235. The zero-order valence-electron chi connectivity index (χ0n) is 10.6. The Kier molecular flexibility index (Phi) is 3.06. The number of nitrogens with zero attached hydrogens (tertiary/aromatic N) is 1. The summed E-state index contributed by atoms with van der Waals surface area (Å²) in [4.78, 5) is 2.31. The minimum absolute atomic E-state index is 0.916. The second-order valence-electron chi connectivity index (χ2n) is 4.75. The van der Waals surface area contributed by atoms with Gasteiger partial charge in [0.05, 0.1) is 0 Å². The lowest BCUT2D eigenvalue weighted by molar-refractivity contribution is 0.931. The molecule has 0 unspecified atom stereocenters. The van der Waals surface area contributed by atoms with Crippen molar-refractivity contribution in [3.8, 4) is 0 Å². The van der Waals surface area contributed by atoms with Crippen LogP contribution in [0.2, 0.25) is 0 Å². The number of benzene rings is 1. The van der Waals surface area contributed by atoms with Gasteiger partial charge in [-0.2, -0.15) is 0 Å². The minimum atomic E-state index is 0.916. The molecule has 1 heteroatoms. The molecular weight excluding hydrogens is 218 g/mol. The fourth-order valence-electron chi connectivity index (χ4n) is 2.72. The molecule has 3 rings (SSSR count). The van der Waals surface area contributed by atoms with Crippen LogP contribution in [-0.4, -0.2) is 6.54 Å². The van der Waals surface area contributed by atoms with E-state index in [1.54, 1.807) is 0 Å². The van der Waals surface area contributed by atoms with E-state index < -0.39 is 0 Å². The summed E-state index contributed by atoms with van der Waals surface area (Å²) < 4.78 is 0. The van der Waals surface area contributed by atoms with Crippen molar-refractivity contribution in [2.45, 2.75) is 19.3 Å². The highest BCUT2D eigenvalue weighted by Gasteiger charge is 2.17. The van der Waals surface area contributed by atoms with Crippen LogP contribution in [-0.2, 0) is 0 Å². The van der Waals surface area contributed by atoms with E-state index in [-0.39, 0.29) is 0 Å². The number of anilines is 1. The van der Waals surface area contributed by atoms with E-state index >= 15 is 0 Å². The first-order valence-electron chi connectivity index (χ1n) is 6.63. The molecule has 1 aliphatic heterocycles. The highest BCUT2D eigenvalue weighted by atomic mass is 15.1. The Hall–Kier alpha value is -1.76. The lowest BCUT2D eigenvalue weighted by Gasteiger charge is -2.22. The third-order valence-electron chi connectivity index (χ3n) is 3.58. The molecule has 18 heavy (non-hydrogen) atoms. The number of rotatable bonds is 2. The Morgan fingerprint density at radius 3 is 2.94 bits per heavy atom. The van der Waals surface area contributed by atoms with Gasteiger partial charge in [-0.25, -0.2) is 0 Å². The molecule has 1 aliphatic carbocycles. The molecule has 0 aromatic heterocycles. The smallest absolute Gasteiger partial charge is 0.0482 e. The molecule has 0 amide bonds. The van der Waals surface area contributed by atoms with E-state index in [4.69, 9.17) is 0 Å². The van der Waals surface area contributed by atoms with Crippen molar-refractivity contribution >= 4 is 11.3 Å². The number of allylic oxidation sites excluding steroid dienone is 5. The Morgan fingerprint density at radius 2 is 2.06 bits per heavy atom. The molecule has 0 saturated heterocycles. The van der Waals surface area contributed by atoms with E-state index in [1.165, 1.54) is 22.4 Å². The van der Waals surface area contributed by atoms with Gasteiger partial charge in [0.1, 0.15) is 0 Å². The summed E-state index contributed by atoms with van der Waals surface area (Å²) in [5.74, 6) is 0. The fourth-order valence-corrected chi connectivity index (χ4v) is 2.72. The van der Waals surface area contributed by atoms with Crippen LogP contribution in [0.15, 0.2) is 54.3 Å². The topological polar surface area (TPSA) is 3.24 Å². The van der Waals surface area contributed by atoms with Gasteiger partial charge in [-0.1, -0.05) is 37.3 Å². The average molecular weight is 236 g/mol. The lowest BCUT2D eigenvalue weighted by Crippen LogP contribution is -2.17. The molecule has 0 atom stereocenters. The largest absolute Gasteiger partial charge is 0.347 e. The van der Waals surface area contributed by atoms with Gasteiger partial charge in [0.25, 0.3) is 0 Å². The van der Waals surface area contributed by atoms with Crippen LogP contribution in [0, 0.1) is 6.92 Å². The highest BCUT2D eigenvalue weighted by molar-refractivity contribution is 5.84. The number of hydrogen-bond acceptors (Lipinski definition) is 1. The first-order chi connectivity index (χ1) is 8.90. The molecular formula is C17H18N. The summed E-state index contributed by atoms with van der Waals surface area (Å²) in [5.41, 5.74) is 5.55. The van der Waals surface area contributed by atoms with Gasteiger partial charge in [-0.05, 0) is 42.6 Å². The van der Waals surface area contributed by atoms with Crippen molar-refractivity contribution in [2.75, 3.05) is 11.4 Å². The van der Waals surface area contributed by atoms with Crippen LogP contribution in [0.4, 0.5) is 5.69 Å². The molecule has 0 spiro atoms.